The Morgan fingerprint density at radius 2 is 2.08 bits per heavy atom. The Bertz CT molecular complexity index is 279. The van der Waals surface area contributed by atoms with Crippen molar-refractivity contribution in [2.45, 2.75) is 6.92 Å². The van der Waals surface area contributed by atoms with Gasteiger partial charge in [-0.2, -0.15) is 0 Å². The van der Waals surface area contributed by atoms with Gasteiger partial charge >= 0.3 is 0 Å². The first-order valence-electron chi connectivity index (χ1n) is 3.61. The third kappa shape index (κ3) is 3.94. The van der Waals surface area contributed by atoms with Crippen molar-refractivity contribution < 1.29 is 4.74 Å². The fourth-order valence-electron chi connectivity index (χ4n) is 0.570. The third-order valence-corrected chi connectivity index (χ3v) is 1.98. The molecule has 0 aromatic rings. The molecule has 0 aliphatic carbocycles. The molecule has 72 valence electrons. The van der Waals surface area contributed by atoms with Crippen LogP contribution in [0.3, 0.4) is 0 Å². The summed E-state index contributed by atoms with van der Waals surface area (Å²) < 4.78 is 5.41. The molecule has 0 aromatic heterocycles. The number of methoxy groups -OCH3 is 1. The van der Waals surface area contributed by atoms with Crippen LogP contribution in [0.25, 0.3) is 0 Å². The highest BCUT2D eigenvalue weighted by Gasteiger charge is 2.01. The summed E-state index contributed by atoms with van der Waals surface area (Å²) in [5.41, 5.74) is 6.40. The largest absolute Gasteiger partial charge is 0.495 e. The van der Waals surface area contributed by atoms with Gasteiger partial charge in [0, 0.05) is 0 Å². The van der Waals surface area contributed by atoms with Crippen molar-refractivity contribution >= 4 is 20.6 Å². The molecule has 3 nitrogen and oxygen atoms in total. The van der Waals surface area contributed by atoms with Crippen LogP contribution in [-0.4, -0.2) is 11.7 Å². The lowest BCUT2D eigenvalue weighted by Crippen LogP contribution is -2.03. The van der Waals surface area contributed by atoms with Crippen LogP contribution in [0.1, 0.15) is 6.92 Å². The van der Waals surface area contributed by atoms with E-state index in [1.54, 1.807) is 6.08 Å². The number of hydrogen-bond donors (Lipinski definition) is 1. The van der Waals surface area contributed by atoms with Crippen molar-refractivity contribution in [1.29, 1.82) is 0 Å². The van der Waals surface area contributed by atoms with Gasteiger partial charge in [-0.25, -0.2) is 4.99 Å². The Kier molecular flexibility index (Phi) is 5.14. The predicted octanol–water partition coefficient (Wildman–Crippen LogP) is 2.32. The summed E-state index contributed by atoms with van der Waals surface area (Å²) in [5, 5.41) is 0. The first-order valence-corrected chi connectivity index (χ1v) is 4.40. The van der Waals surface area contributed by atoms with Crippen molar-refractivity contribution in [2.75, 3.05) is 7.11 Å². The van der Waals surface area contributed by atoms with Gasteiger partial charge in [-0.05, 0) is 22.9 Å². The normalized spacial score (nSPS) is 12.5. The van der Waals surface area contributed by atoms with Crippen molar-refractivity contribution in [2.24, 2.45) is 10.7 Å². The van der Waals surface area contributed by atoms with E-state index < -0.39 is 0 Å². The van der Waals surface area contributed by atoms with Crippen LogP contribution in [0.15, 0.2) is 41.4 Å². The van der Waals surface area contributed by atoms with Crippen LogP contribution in [0.2, 0.25) is 0 Å². The molecule has 2 N–H and O–H groups in total. The topological polar surface area (TPSA) is 47.6 Å². The van der Waals surface area contributed by atoms with Crippen LogP contribution < -0.4 is 5.73 Å². The molecule has 0 aliphatic rings. The Morgan fingerprint density at radius 1 is 1.54 bits per heavy atom. The SMILES string of the molecule is C=C(N)C(Br)=N/C(=C\C)C(=C)OC. The Labute approximate surface area is 86.8 Å². The Hall–Kier alpha value is -1.03. The van der Waals surface area contributed by atoms with Gasteiger partial charge in [0.15, 0.2) is 0 Å². The number of allylic oxidation sites excluding steroid dienone is 2. The van der Waals surface area contributed by atoms with Crippen LogP contribution in [0.5, 0.6) is 0 Å². The number of nitrogens with two attached hydrogens (primary N) is 1. The first-order chi connectivity index (χ1) is 6.02. The molecule has 0 amide bonds. The van der Waals surface area contributed by atoms with Crippen molar-refractivity contribution in [3.05, 3.63) is 36.4 Å². The van der Waals surface area contributed by atoms with Crippen molar-refractivity contribution in [3.8, 4) is 0 Å². The van der Waals surface area contributed by atoms with Gasteiger partial charge in [-0.1, -0.05) is 19.2 Å². The zero-order chi connectivity index (χ0) is 10.4. The molecule has 0 aliphatic heterocycles. The van der Waals surface area contributed by atoms with E-state index in [1.807, 2.05) is 6.92 Å². The molecule has 0 fully saturated rings. The van der Waals surface area contributed by atoms with E-state index in [9.17, 15) is 0 Å². The Morgan fingerprint density at radius 3 is 2.38 bits per heavy atom. The molecule has 0 atom stereocenters. The summed E-state index contributed by atoms with van der Waals surface area (Å²) >= 11 is 3.17. The molecular formula is C9H13BrN2O. The summed E-state index contributed by atoms with van der Waals surface area (Å²) in [7, 11) is 1.53. The van der Waals surface area contributed by atoms with Crippen LogP contribution >= 0.6 is 15.9 Å². The second kappa shape index (κ2) is 5.59. The van der Waals surface area contributed by atoms with Gasteiger partial charge in [-0.3, -0.25) is 0 Å². The van der Waals surface area contributed by atoms with Gasteiger partial charge < -0.3 is 10.5 Å². The highest BCUT2D eigenvalue weighted by atomic mass is 79.9. The lowest BCUT2D eigenvalue weighted by atomic mass is 10.3. The van der Waals surface area contributed by atoms with Crippen molar-refractivity contribution in [1.82, 2.24) is 0 Å². The van der Waals surface area contributed by atoms with Gasteiger partial charge in [0.25, 0.3) is 0 Å². The molecule has 0 bridgehead atoms. The van der Waals surface area contributed by atoms with Gasteiger partial charge in [0.1, 0.15) is 16.1 Å². The fourth-order valence-corrected chi connectivity index (χ4v) is 0.761. The van der Waals surface area contributed by atoms with E-state index in [0.717, 1.165) is 0 Å². The predicted molar refractivity (Wildman–Crippen MR) is 59.6 cm³/mol. The van der Waals surface area contributed by atoms with E-state index >= 15 is 0 Å². The number of halogens is 1. The summed E-state index contributed by atoms with van der Waals surface area (Å²) in [5.74, 6) is 0.487. The first kappa shape index (κ1) is 12.0. The molecule has 13 heavy (non-hydrogen) atoms. The minimum absolute atomic E-state index is 0.364. The lowest BCUT2D eigenvalue weighted by Gasteiger charge is -2.04. The molecule has 0 saturated heterocycles. The van der Waals surface area contributed by atoms with Gasteiger partial charge in [0.2, 0.25) is 0 Å². The van der Waals surface area contributed by atoms with Gasteiger partial charge in [0.05, 0.1) is 12.8 Å². The summed E-state index contributed by atoms with van der Waals surface area (Å²) in [6.45, 7) is 9.03. The van der Waals surface area contributed by atoms with E-state index in [-0.39, 0.29) is 0 Å². The minimum Gasteiger partial charge on any atom is -0.495 e. The molecule has 0 unspecified atom stereocenters. The van der Waals surface area contributed by atoms with Crippen molar-refractivity contribution in [3.63, 3.8) is 0 Å². The number of nitrogens with zero attached hydrogens (tertiary/aromatic N) is 1. The number of hydrogen-bond acceptors (Lipinski definition) is 3. The molecule has 0 saturated carbocycles. The maximum absolute atomic E-state index is 5.41. The molecule has 0 aromatic carbocycles. The monoisotopic (exact) mass is 244 g/mol. The summed E-state index contributed by atoms with van der Waals surface area (Å²) in [6, 6.07) is 0. The summed E-state index contributed by atoms with van der Waals surface area (Å²) in [6.07, 6.45) is 1.77. The quantitative estimate of drug-likeness (QED) is 0.469. The van der Waals surface area contributed by atoms with Crippen LogP contribution in [-0.2, 0) is 4.74 Å². The number of rotatable bonds is 4. The zero-order valence-corrected chi connectivity index (χ0v) is 9.39. The summed E-state index contributed by atoms with van der Waals surface area (Å²) in [4.78, 5) is 4.11. The molecule has 0 heterocycles. The lowest BCUT2D eigenvalue weighted by molar-refractivity contribution is 0.302. The zero-order valence-electron chi connectivity index (χ0n) is 7.80. The Balaban J connectivity index is 4.75. The van der Waals surface area contributed by atoms with Crippen LogP contribution in [0, 0.1) is 0 Å². The fraction of sp³-hybridized carbons (Fsp3) is 0.222. The maximum atomic E-state index is 5.41. The second-order valence-electron chi connectivity index (χ2n) is 2.23. The second-order valence-corrected chi connectivity index (χ2v) is 2.98. The highest BCUT2D eigenvalue weighted by molar-refractivity contribution is 9.18. The molecule has 0 radical (unpaired) electrons. The standard InChI is InChI=1S/C9H13BrN2O/c1-5-8(7(3)13-4)12-9(10)6(2)11/h5H,2-3,11H2,1,4H3/b8-5-,12-9?. The minimum atomic E-state index is 0.364. The third-order valence-electron chi connectivity index (χ3n) is 1.29. The molecule has 0 spiro atoms. The molecular weight excluding hydrogens is 232 g/mol. The van der Waals surface area contributed by atoms with E-state index in [0.29, 0.717) is 21.8 Å². The average Bonchev–Trinajstić information content (AvgIpc) is 2.12. The number of ether oxygens (including phenoxy) is 1. The average molecular weight is 245 g/mol. The number of aliphatic imine (C=N–C) groups is 1. The van der Waals surface area contributed by atoms with Crippen LogP contribution in [0.4, 0.5) is 0 Å². The van der Waals surface area contributed by atoms with E-state index in [4.69, 9.17) is 10.5 Å². The molecule has 4 heteroatoms. The van der Waals surface area contributed by atoms with E-state index in [1.165, 1.54) is 7.11 Å². The van der Waals surface area contributed by atoms with Gasteiger partial charge in [-0.15, -0.1) is 0 Å². The maximum Gasteiger partial charge on any atom is 0.137 e. The molecule has 0 rings (SSSR count). The highest BCUT2D eigenvalue weighted by Crippen LogP contribution is 2.12. The smallest absolute Gasteiger partial charge is 0.137 e. The van der Waals surface area contributed by atoms with E-state index in [2.05, 4.69) is 34.1 Å².